The summed E-state index contributed by atoms with van der Waals surface area (Å²) >= 11 is 0. The Morgan fingerprint density at radius 3 is 1.89 bits per heavy atom. The molecule has 0 atom stereocenters. The largest absolute Gasteiger partial charge is 0.310 e. The molecule has 0 amide bonds. The molecular weight excluding hydrogens is 424 g/mol. The average Bonchev–Trinajstić information content (AvgIpc) is 3.23. The van der Waals surface area contributed by atoms with Crippen LogP contribution in [0.1, 0.15) is 25.0 Å². The quantitative estimate of drug-likeness (QED) is 0.261. The van der Waals surface area contributed by atoms with Gasteiger partial charge < -0.3 is 9.47 Å². The number of hydrogen-bond acceptors (Lipinski definition) is 1. The lowest BCUT2D eigenvalue weighted by atomic mass is 9.75. The Bertz CT molecular complexity index is 1670. The van der Waals surface area contributed by atoms with E-state index >= 15 is 0 Å². The Balaban J connectivity index is 1.55. The fourth-order valence-electron chi connectivity index (χ4n) is 5.89. The molecule has 0 bridgehead atoms. The molecule has 0 saturated carbocycles. The molecule has 1 aliphatic rings. The first-order valence-electron chi connectivity index (χ1n) is 12.2. The van der Waals surface area contributed by atoms with Crippen molar-refractivity contribution in [3.63, 3.8) is 0 Å². The smallest absolute Gasteiger partial charge is 0.0582 e. The van der Waals surface area contributed by atoms with Crippen LogP contribution in [0.25, 0.3) is 27.5 Å². The maximum Gasteiger partial charge on any atom is 0.0582 e. The molecular formula is C33H26N2. The van der Waals surface area contributed by atoms with Crippen LogP contribution < -0.4 is 4.90 Å². The van der Waals surface area contributed by atoms with Crippen molar-refractivity contribution in [1.29, 1.82) is 0 Å². The van der Waals surface area contributed by atoms with Crippen molar-refractivity contribution >= 4 is 38.9 Å². The van der Waals surface area contributed by atoms with Gasteiger partial charge in [-0.3, -0.25) is 0 Å². The fourth-order valence-corrected chi connectivity index (χ4v) is 5.89. The Morgan fingerprint density at radius 2 is 1.17 bits per heavy atom. The maximum atomic E-state index is 2.47. The van der Waals surface area contributed by atoms with Crippen molar-refractivity contribution < 1.29 is 0 Å². The van der Waals surface area contributed by atoms with E-state index in [-0.39, 0.29) is 5.41 Å². The highest BCUT2D eigenvalue weighted by Crippen LogP contribution is 2.48. The first-order valence-corrected chi connectivity index (χ1v) is 12.2. The molecule has 6 aromatic rings. The van der Waals surface area contributed by atoms with Crippen LogP contribution in [0.3, 0.4) is 0 Å². The summed E-state index contributed by atoms with van der Waals surface area (Å²) in [5.74, 6) is 0. The number of aromatic nitrogens is 1. The molecule has 168 valence electrons. The summed E-state index contributed by atoms with van der Waals surface area (Å²) in [4.78, 5) is 2.34. The summed E-state index contributed by atoms with van der Waals surface area (Å²) in [6.45, 7) is 4.69. The number of para-hydroxylation sites is 4. The van der Waals surface area contributed by atoms with Gasteiger partial charge in [0.15, 0.2) is 0 Å². The number of hydrogen-bond donors (Lipinski definition) is 0. The van der Waals surface area contributed by atoms with Crippen LogP contribution in [0.5, 0.6) is 0 Å². The topological polar surface area (TPSA) is 8.17 Å². The Hall–Kier alpha value is -4.30. The van der Waals surface area contributed by atoms with Crippen LogP contribution >= 0.6 is 0 Å². The van der Waals surface area contributed by atoms with Gasteiger partial charge in [-0.1, -0.05) is 86.6 Å². The van der Waals surface area contributed by atoms with E-state index in [1.165, 1.54) is 38.6 Å². The molecule has 0 saturated heterocycles. The highest BCUT2D eigenvalue weighted by molar-refractivity contribution is 6.12. The number of nitrogens with zero attached hydrogens (tertiary/aromatic N) is 2. The van der Waals surface area contributed by atoms with Crippen LogP contribution in [-0.2, 0) is 5.41 Å². The third-order valence-corrected chi connectivity index (χ3v) is 7.55. The molecule has 0 unspecified atom stereocenters. The third kappa shape index (κ3) is 2.83. The van der Waals surface area contributed by atoms with Gasteiger partial charge in [-0.15, -0.1) is 0 Å². The second-order valence-corrected chi connectivity index (χ2v) is 9.89. The van der Waals surface area contributed by atoms with E-state index < -0.39 is 0 Å². The van der Waals surface area contributed by atoms with Gasteiger partial charge in [0.25, 0.3) is 0 Å². The molecule has 2 nitrogen and oxygen atoms in total. The number of rotatable bonds is 3. The van der Waals surface area contributed by atoms with E-state index in [1.54, 1.807) is 0 Å². The standard InChI is InChI=1S/C33H26N2/c1-33(2)28-17-9-10-19-31(28)35-30-21-20-25(22-27(30)26-16-11-18-29(33)32(26)35)34(23-12-5-3-6-13-23)24-14-7-4-8-15-24/h3-22H,1-2H3. The fraction of sp³-hybridized carbons (Fsp3) is 0.0909. The predicted molar refractivity (Wildman–Crippen MR) is 148 cm³/mol. The second kappa shape index (κ2) is 7.35. The van der Waals surface area contributed by atoms with E-state index in [4.69, 9.17) is 0 Å². The van der Waals surface area contributed by atoms with E-state index in [0.29, 0.717) is 0 Å². The molecule has 0 spiro atoms. The Morgan fingerprint density at radius 1 is 0.543 bits per heavy atom. The lowest BCUT2D eigenvalue weighted by molar-refractivity contribution is 0.630. The molecule has 7 rings (SSSR count). The van der Waals surface area contributed by atoms with Gasteiger partial charge in [0.05, 0.1) is 16.7 Å². The molecule has 0 aliphatic carbocycles. The third-order valence-electron chi connectivity index (χ3n) is 7.55. The summed E-state index contributed by atoms with van der Waals surface area (Å²) in [6, 6.07) is 43.8. The zero-order chi connectivity index (χ0) is 23.6. The molecule has 0 radical (unpaired) electrons. The number of anilines is 3. The van der Waals surface area contributed by atoms with Gasteiger partial charge in [-0.2, -0.15) is 0 Å². The summed E-state index contributed by atoms with van der Waals surface area (Å²) < 4.78 is 2.47. The molecule has 5 aromatic carbocycles. The Labute approximate surface area is 205 Å². The van der Waals surface area contributed by atoms with Gasteiger partial charge in [0.1, 0.15) is 0 Å². The lowest BCUT2D eigenvalue weighted by Gasteiger charge is -2.34. The lowest BCUT2D eigenvalue weighted by Crippen LogP contribution is -2.26. The van der Waals surface area contributed by atoms with E-state index in [1.807, 2.05) is 0 Å². The molecule has 1 aromatic heterocycles. The molecule has 35 heavy (non-hydrogen) atoms. The highest BCUT2D eigenvalue weighted by Gasteiger charge is 2.34. The molecule has 0 fully saturated rings. The predicted octanol–water partition coefficient (Wildman–Crippen LogP) is 8.89. The highest BCUT2D eigenvalue weighted by atomic mass is 15.1. The maximum absolute atomic E-state index is 2.47. The normalized spacial score (nSPS) is 13.7. The zero-order valence-corrected chi connectivity index (χ0v) is 19.9. The molecule has 1 aliphatic heterocycles. The second-order valence-electron chi connectivity index (χ2n) is 9.89. The average molecular weight is 451 g/mol. The van der Waals surface area contributed by atoms with E-state index in [0.717, 1.165) is 17.1 Å². The SMILES string of the molecule is CC1(C)c2ccccc2-n2c3ccc(N(c4ccccc4)c4ccccc4)cc3c3cccc1c32. The monoisotopic (exact) mass is 450 g/mol. The van der Waals surface area contributed by atoms with Gasteiger partial charge >= 0.3 is 0 Å². The van der Waals surface area contributed by atoms with Gasteiger partial charge in [0, 0.05) is 33.2 Å². The van der Waals surface area contributed by atoms with Crippen molar-refractivity contribution in [1.82, 2.24) is 4.57 Å². The number of benzene rings is 5. The van der Waals surface area contributed by atoms with Gasteiger partial charge in [0.2, 0.25) is 0 Å². The summed E-state index contributed by atoms with van der Waals surface area (Å²) in [5.41, 5.74) is 10.0. The van der Waals surface area contributed by atoms with Crippen molar-refractivity contribution in [3.8, 4) is 5.69 Å². The van der Waals surface area contributed by atoms with E-state index in [9.17, 15) is 0 Å². The van der Waals surface area contributed by atoms with Crippen LogP contribution in [-0.4, -0.2) is 4.57 Å². The van der Waals surface area contributed by atoms with Crippen LogP contribution in [0, 0.1) is 0 Å². The minimum atomic E-state index is -0.0522. The minimum absolute atomic E-state index is 0.0522. The first-order chi connectivity index (χ1) is 17.1. The summed E-state index contributed by atoms with van der Waals surface area (Å²) in [6.07, 6.45) is 0. The van der Waals surface area contributed by atoms with Crippen LogP contribution in [0.15, 0.2) is 121 Å². The molecule has 2 heterocycles. The molecule has 2 heteroatoms. The van der Waals surface area contributed by atoms with Crippen molar-refractivity contribution in [2.45, 2.75) is 19.3 Å². The van der Waals surface area contributed by atoms with Crippen LogP contribution in [0.4, 0.5) is 17.1 Å². The summed E-state index contributed by atoms with van der Waals surface area (Å²) in [7, 11) is 0. The number of fused-ring (bicyclic) bond motifs is 5. The van der Waals surface area contributed by atoms with Crippen LogP contribution in [0.2, 0.25) is 0 Å². The molecule has 0 N–H and O–H groups in total. The van der Waals surface area contributed by atoms with Crippen molar-refractivity contribution in [2.24, 2.45) is 0 Å². The van der Waals surface area contributed by atoms with Crippen molar-refractivity contribution in [2.75, 3.05) is 4.90 Å². The summed E-state index contributed by atoms with van der Waals surface area (Å²) in [5, 5.41) is 2.59. The van der Waals surface area contributed by atoms with Gasteiger partial charge in [-0.05, 0) is 59.7 Å². The first kappa shape index (κ1) is 20.1. The Kier molecular flexibility index (Phi) is 4.22. The van der Waals surface area contributed by atoms with E-state index in [2.05, 4.69) is 145 Å². The minimum Gasteiger partial charge on any atom is -0.310 e. The van der Waals surface area contributed by atoms with Crippen molar-refractivity contribution in [3.05, 3.63) is 132 Å². The zero-order valence-electron chi connectivity index (χ0n) is 19.9. The van der Waals surface area contributed by atoms with Gasteiger partial charge in [-0.25, -0.2) is 0 Å².